The van der Waals surface area contributed by atoms with E-state index < -0.39 is 0 Å². The first-order valence-corrected chi connectivity index (χ1v) is 10.8. The first kappa shape index (κ1) is 17.0. The molecule has 0 saturated heterocycles. The van der Waals surface area contributed by atoms with Crippen LogP contribution in [0.4, 0.5) is 11.8 Å². The molecule has 0 unspecified atom stereocenters. The normalized spacial score (nSPS) is 23.1. The van der Waals surface area contributed by atoms with Gasteiger partial charge in [0.15, 0.2) is 0 Å². The summed E-state index contributed by atoms with van der Waals surface area (Å²) in [6.07, 6.45) is 10.2. The lowest BCUT2D eigenvalue weighted by atomic mass is 9.95. The van der Waals surface area contributed by atoms with Crippen molar-refractivity contribution in [3.05, 3.63) is 47.2 Å². The Bertz CT molecular complexity index is 808. The second kappa shape index (κ2) is 7.14. The van der Waals surface area contributed by atoms with Crippen LogP contribution in [0.15, 0.2) is 30.3 Å². The highest BCUT2D eigenvalue weighted by molar-refractivity contribution is 5.50. The van der Waals surface area contributed by atoms with Crippen LogP contribution in [0.25, 0.3) is 0 Å². The monoisotopic (exact) mass is 362 g/mol. The topological polar surface area (TPSA) is 41.1 Å². The van der Waals surface area contributed by atoms with Gasteiger partial charge in [0.2, 0.25) is 5.95 Å². The molecule has 1 aromatic heterocycles. The van der Waals surface area contributed by atoms with Crippen molar-refractivity contribution in [3.63, 3.8) is 0 Å². The van der Waals surface area contributed by atoms with Crippen LogP contribution in [-0.4, -0.2) is 22.1 Å². The smallest absolute Gasteiger partial charge is 0.225 e. The van der Waals surface area contributed by atoms with Gasteiger partial charge >= 0.3 is 0 Å². The molecule has 5 rings (SSSR count). The molecule has 2 saturated carbocycles. The second-order valence-corrected chi connectivity index (χ2v) is 8.68. The van der Waals surface area contributed by atoms with Crippen molar-refractivity contribution in [1.82, 2.24) is 9.97 Å². The van der Waals surface area contributed by atoms with E-state index in [1.54, 1.807) is 0 Å². The molecule has 2 aliphatic carbocycles. The Kier molecular flexibility index (Phi) is 4.50. The lowest BCUT2D eigenvalue weighted by molar-refractivity contribution is 0.460. The van der Waals surface area contributed by atoms with Gasteiger partial charge in [-0.3, -0.25) is 0 Å². The molecule has 2 fully saturated rings. The number of fused-ring (bicyclic) bond motifs is 1. The molecule has 0 radical (unpaired) electrons. The quantitative estimate of drug-likeness (QED) is 0.826. The molecule has 2 heterocycles. The fourth-order valence-corrected chi connectivity index (χ4v) is 4.67. The van der Waals surface area contributed by atoms with Crippen LogP contribution in [-0.2, 0) is 13.0 Å². The number of hydrogen-bond donors (Lipinski definition) is 1. The van der Waals surface area contributed by atoms with Crippen LogP contribution in [0.2, 0.25) is 0 Å². The van der Waals surface area contributed by atoms with Crippen molar-refractivity contribution < 1.29 is 0 Å². The van der Waals surface area contributed by atoms with E-state index in [9.17, 15) is 0 Å². The summed E-state index contributed by atoms with van der Waals surface area (Å²) in [4.78, 5) is 12.4. The first-order chi connectivity index (χ1) is 13.3. The minimum Gasteiger partial charge on any atom is -0.351 e. The third-order valence-electron chi connectivity index (χ3n) is 6.47. The predicted molar refractivity (Wildman–Crippen MR) is 110 cm³/mol. The van der Waals surface area contributed by atoms with Gasteiger partial charge < -0.3 is 10.2 Å². The number of nitrogens with zero attached hydrogens (tertiary/aromatic N) is 3. The molecule has 1 aliphatic heterocycles. The first-order valence-electron chi connectivity index (χ1n) is 10.8. The van der Waals surface area contributed by atoms with Crippen LogP contribution >= 0.6 is 0 Å². The summed E-state index contributed by atoms with van der Waals surface area (Å²) in [5.74, 6) is 2.60. The summed E-state index contributed by atoms with van der Waals surface area (Å²) in [6, 6.07) is 12.1. The molecule has 27 heavy (non-hydrogen) atoms. The van der Waals surface area contributed by atoms with E-state index in [-0.39, 0.29) is 0 Å². The molecule has 0 amide bonds. The molecule has 4 nitrogen and oxygen atoms in total. The van der Waals surface area contributed by atoms with Gasteiger partial charge in [-0.25, -0.2) is 4.98 Å². The highest BCUT2D eigenvalue weighted by Crippen LogP contribution is 2.41. The summed E-state index contributed by atoms with van der Waals surface area (Å²) in [5.41, 5.74) is 4.16. The lowest BCUT2D eigenvalue weighted by Gasteiger charge is -2.36. The molecule has 1 aromatic carbocycles. The average Bonchev–Trinajstić information content (AvgIpc) is 3.53. The molecule has 0 spiro atoms. The summed E-state index contributed by atoms with van der Waals surface area (Å²) in [7, 11) is 0. The molecule has 2 aromatic rings. The maximum absolute atomic E-state index is 4.99. The highest BCUT2D eigenvalue weighted by atomic mass is 15.3. The van der Waals surface area contributed by atoms with Crippen LogP contribution in [0.1, 0.15) is 74.6 Å². The van der Waals surface area contributed by atoms with Gasteiger partial charge in [-0.1, -0.05) is 43.5 Å². The molecule has 3 aliphatic rings. The van der Waals surface area contributed by atoms with Gasteiger partial charge in [-0.15, -0.1) is 0 Å². The minimum atomic E-state index is 0.462. The van der Waals surface area contributed by atoms with Crippen molar-refractivity contribution >= 4 is 11.8 Å². The summed E-state index contributed by atoms with van der Waals surface area (Å²) in [6.45, 7) is 3.27. The van der Waals surface area contributed by atoms with Gasteiger partial charge in [0, 0.05) is 30.6 Å². The SMILES string of the molecule is C[C@@H]1Cc2ccccc2CN1c1cc(C2CC2)nc(NC2CCCCC2)n1. The molecular weight excluding hydrogens is 332 g/mol. The van der Waals surface area contributed by atoms with Gasteiger partial charge in [0.25, 0.3) is 0 Å². The second-order valence-electron chi connectivity index (χ2n) is 8.68. The molecular formula is C23H30N4. The number of rotatable bonds is 4. The van der Waals surface area contributed by atoms with Crippen molar-refractivity contribution in [3.8, 4) is 0 Å². The van der Waals surface area contributed by atoms with E-state index in [4.69, 9.17) is 9.97 Å². The zero-order valence-corrected chi connectivity index (χ0v) is 16.3. The molecule has 1 N–H and O–H groups in total. The van der Waals surface area contributed by atoms with Crippen LogP contribution in [0, 0.1) is 0 Å². The number of hydrogen-bond acceptors (Lipinski definition) is 4. The molecule has 142 valence electrons. The Labute approximate surface area is 162 Å². The fraction of sp³-hybridized carbons (Fsp3) is 0.565. The van der Waals surface area contributed by atoms with Gasteiger partial charge in [0.1, 0.15) is 5.82 Å². The Balaban J connectivity index is 1.44. The lowest BCUT2D eigenvalue weighted by Crippen LogP contribution is -2.39. The van der Waals surface area contributed by atoms with Crippen molar-refractivity contribution in [2.75, 3.05) is 10.2 Å². The summed E-state index contributed by atoms with van der Waals surface area (Å²) >= 11 is 0. The zero-order chi connectivity index (χ0) is 18.2. The van der Waals surface area contributed by atoms with E-state index in [0.29, 0.717) is 18.0 Å². The largest absolute Gasteiger partial charge is 0.351 e. The maximum Gasteiger partial charge on any atom is 0.225 e. The number of nitrogens with one attached hydrogen (secondary N) is 1. The molecule has 1 atom stereocenters. The summed E-state index contributed by atoms with van der Waals surface area (Å²) in [5, 5.41) is 3.67. The van der Waals surface area contributed by atoms with Crippen LogP contribution in [0.5, 0.6) is 0 Å². The number of anilines is 2. The minimum absolute atomic E-state index is 0.462. The van der Waals surface area contributed by atoms with Gasteiger partial charge in [0.05, 0.1) is 5.69 Å². The number of aromatic nitrogens is 2. The predicted octanol–water partition coefficient (Wildman–Crippen LogP) is 5.05. The van der Waals surface area contributed by atoms with Crippen molar-refractivity contribution in [2.45, 2.75) is 82.8 Å². The Morgan fingerprint density at radius 2 is 1.74 bits per heavy atom. The average molecular weight is 363 g/mol. The van der Waals surface area contributed by atoms with Crippen molar-refractivity contribution in [1.29, 1.82) is 0 Å². The molecule has 0 bridgehead atoms. The van der Waals surface area contributed by atoms with E-state index >= 15 is 0 Å². The Morgan fingerprint density at radius 1 is 0.963 bits per heavy atom. The van der Waals surface area contributed by atoms with E-state index in [1.807, 2.05) is 0 Å². The third-order valence-corrected chi connectivity index (χ3v) is 6.47. The van der Waals surface area contributed by atoms with Crippen molar-refractivity contribution in [2.24, 2.45) is 0 Å². The van der Waals surface area contributed by atoms with Crippen LogP contribution < -0.4 is 10.2 Å². The van der Waals surface area contributed by atoms with E-state index in [1.165, 1.54) is 61.8 Å². The van der Waals surface area contributed by atoms with Crippen LogP contribution in [0.3, 0.4) is 0 Å². The molecule has 4 heteroatoms. The Hall–Kier alpha value is -2.10. The fourth-order valence-electron chi connectivity index (χ4n) is 4.67. The van der Waals surface area contributed by atoms with Gasteiger partial charge in [-0.05, 0) is 50.2 Å². The third kappa shape index (κ3) is 3.67. The van der Waals surface area contributed by atoms with E-state index in [0.717, 1.165) is 24.7 Å². The maximum atomic E-state index is 4.99. The van der Waals surface area contributed by atoms with E-state index in [2.05, 4.69) is 47.5 Å². The highest BCUT2D eigenvalue weighted by Gasteiger charge is 2.29. The summed E-state index contributed by atoms with van der Waals surface area (Å²) < 4.78 is 0. The zero-order valence-electron chi connectivity index (χ0n) is 16.3. The number of benzene rings is 1. The van der Waals surface area contributed by atoms with Gasteiger partial charge in [-0.2, -0.15) is 4.98 Å². The standard InChI is InChI=1S/C23H30N4/c1-16-13-18-7-5-6-8-19(18)15-27(16)22-14-21(17-11-12-17)25-23(26-22)24-20-9-3-2-4-10-20/h5-8,14,16-17,20H,2-4,9-13,15H2,1H3,(H,24,25,26)/t16-/m1/s1. The Morgan fingerprint density at radius 3 is 2.52 bits per heavy atom.